The van der Waals surface area contributed by atoms with Crippen LogP contribution in [0.1, 0.15) is 31.4 Å². The van der Waals surface area contributed by atoms with E-state index in [-0.39, 0.29) is 0 Å². The highest BCUT2D eigenvalue weighted by Gasteiger charge is 2.19. The van der Waals surface area contributed by atoms with E-state index >= 15 is 0 Å². The molecule has 1 aliphatic rings. The number of allylic oxidation sites excluding steroid dienone is 5. The van der Waals surface area contributed by atoms with Crippen molar-refractivity contribution in [3.63, 3.8) is 0 Å². The number of furan rings is 1. The molecule has 236 valence electrons. The van der Waals surface area contributed by atoms with E-state index in [1.807, 2.05) is 48.5 Å². The predicted molar refractivity (Wildman–Crippen MR) is 202 cm³/mol. The van der Waals surface area contributed by atoms with Crippen molar-refractivity contribution in [3.05, 3.63) is 168 Å². The van der Waals surface area contributed by atoms with Crippen molar-refractivity contribution in [2.24, 2.45) is 27.6 Å². The first-order valence-corrected chi connectivity index (χ1v) is 16.6. The monoisotopic (exact) mass is 625 g/mol. The lowest BCUT2D eigenvalue weighted by atomic mass is 9.83. The Bertz CT molecular complexity index is 2230. The Morgan fingerprint density at radius 3 is 2.19 bits per heavy atom. The number of amidine groups is 2. The summed E-state index contributed by atoms with van der Waals surface area (Å²) in [6.07, 6.45) is 7.45. The second kappa shape index (κ2) is 13.5. The molecule has 0 saturated carbocycles. The molecule has 0 spiro atoms. The fourth-order valence-electron chi connectivity index (χ4n) is 6.56. The fraction of sp³-hybridized carbons (Fsp3) is 0.136. The van der Waals surface area contributed by atoms with Gasteiger partial charge in [0, 0.05) is 34.4 Å². The van der Waals surface area contributed by atoms with Crippen LogP contribution in [0.3, 0.4) is 0 Å². The topological polar surface area (TPSA) is 63.9 Å². The standard InChI is InChI=1S/C44H39N3O/c1-29(2)39-26-30(3)20-21-33(39)24-25-46-44(47-43(45)36-17-10-16-34(27-36)31-12-6-4-7-13-31)38-18-11-19-40-42(38)37-23-22-35(28-41(37)48-40)32-14-8-5-9-15-32/h4-23,26-29,33H,3,24-25H2,1-2H3,(H2,45,46,47). The zero-order valence-electron chi connectivity index (χ0n) is 27.4. The van der Waals surface area contributed by atoms with Crippen molar-refractivity contribution >= 4 is 33.6 Å². The first-order chi connectivity index (χ1) is 23.4. The molecule has 48 heavy (non-hydrogen) atoms. The van der Waals surface area contributed by atoms with E-state index in [4.69, 9.17) is 20.1 Å². The van der Waals surface area contributed by atoms with Gasteiger partial charge in [-0.25, -0.2) is 4.99 Å². The molecule has 0 saturated heterocycles. The van der Waals surface area contributed by atoms with Crippen molar-refractivity contribution in [3.8, 4) is 22.3 Å². The van der Waals surface area contributed by atoms with Crippen LogP contribution in [-0.4, -0.2) is 18.2 Å². The lowest BCUT2D eigenvalue weighted by Gasteiger charge is -2.23. The van der Waals surface area contributed by atoms with Crippen LogP contribution >= 0.6 is 0 Å². The molecular weight excluding hydrogens is 587 g/mol. The summed E-state index contributed by atoms with van der Waals surface area (Å²) in [6.45, 7) is 9.22. The number of fused-ring (bicyclic) bond motifs is 3. The molecule has 7 rings (SSSR count). The van der Waals surface area contributed by atoms with Gasteiger partial charge in [-0.15, -0.1) is 0 Å². The Morgan fingerprint density at radius 1 is 0.771 bits per heavy atom. The van der Waals surface area contributed by atoms with E-state index in [0.29, 0.717) is 30.1 Å². The first-order valence-electron chi connectivity index (χ1n) is 16.6. The van der Waals surface area contributed by atoms with Crippen LogP contribution in [-0.2, 0) is 0 Å². The van der Waals surface area contributed by atoms with Crippen molar-refractivity contribution < 1.29 is 4.42 Å². The van der Waals surface area contributed by atoms with E-state index in [1.165, 1.54) is 5.57 Å². The quantitative estimate of drug-likeness (QED) is 0.135. The number of hydrogen-bond acceptors (Lipinski definition) is 2. The molecule has 1 heterocycles. The van der Waals surface area contributed by atoms with E-state index < -0.39 is 0 Å². The summed E-state index contributed by atoms with van der Waals surface area (Å²) < 4.78 is 6.45. The highest BCUT2D eigenvalue weighted by Crippen LogP contribution is 2.35. The maximum absolute atomic E-state index is 6.80. The SMILES string of the molecule is C=C1C=CC(CCN=C(N=C(N)c2cccc(-c3ccccc3)c2)c2cccc3oc4cc(-c5ccccc5)ccc4c23)C(C(C)C)=C1. The van der Waals surface area contributed by atoms with Gasteiger partial charge in [0.1, 0.15) is 17.0 Å². The number of nitrogens with zero attached hydrogens (tertiary/aromatic N) is 2. The van der Waals surface area contributed by atoms with Crippen molar-refractivity contribution in [2.75, 3.05) is 6.54 Å². The summed E-state index contributed by atoms with van der Waals surface area (Å²) in [5.74, 6) is 1.74. The maximum Gasteiger partial charge on any atom is 0.157 e. The zero-order valence-corrected chi connectivity index (χ0v) is 27.4. The van der Waals surface area contributed by atoms with Gasteiger partial charge in [-0.2, -0.15) is 0 Å². The molecule has 6 aromatic rings. The molecule has 1 aromatic heterocycles. The normalized spacial score (nSPS) is 15.4. The van der Waals surface area contributed by atoms with Gasteiger partial charge in [0.05, 0.1) is 0 Å². The zero-order chi connectivity index (χ0) is 33.0. The Labute approximate surface area is 282 Å². The second-order valence-corrected chi connectivity index (χ2v) is 12.6. The number of aliphatic imine (C=N–C) groups is 2. The predicted octanol–water partition coefficient (Wildman–Crippen LogP) is 10.8. The van der Waals surface area contributed by atoms with E-state index in [0.717, 1.165) is 67.3 Å². The van der Waals surface area contributed by atoms with Crippen molar-refractivity contribution in [2.45, 2.75) is 20.3 Å². The molecule has 0 amide bonds. The lowest BCUT2D eigenvalue weighted by Crippen LogP contribution is -2.17. The molecule has 4 heteroatoms. The van der Waals surface area contributed by atoms with Gasteiger partial charge in [0.15, 0.2) is 5.84 Å². The van der Waals surface area contributed by atoms with Gasteiger partial charge in [-0.1, -0.05) is 141 Å². The number of nitrogens with two attached hydrogens (primary N) is 1. The minimum absolute atomic E-state index is 0.298. The summed E-state index contributed by atoms with van der Waals surface area (Å²) in [4.78, 5) is 10.2. The lowest BCUT2D eigenvalue weighted by molar-refractivity contribution is 0.591. The molecule has 0 fully saturated rings. The summed E-state index contributed by atoms with van der Waals surface area (Å²) >= 11 is 0. The molecule has 0 radical (unpaired) electrons. The summed E-state index contributed by atoms with van der Waals surface area (Å²) in [5, 5.41) is 2.00. The molecule has 2 N–H and O–H groups in total. The van der Waals surface area contributed by atoms with Crippen molar-refractivity contribution in [1.29, 1.82) is 0 Å². The molecule has 0 bridgehead atoms. The Morgan fingerprint density at radius 2 is 1.46 bits per heavy atom. The van der Waals surface area contributed by atoms with E-state index in [9.17, 15) is 0 Å². The summed E-state index contributed by atoms with van der Waals surface area (Å²) in [6, 6.07) is 41.4. The molecule has 4 nitrogen and oxygen atoms in total. The Balaban J connectivity index is 1.31. The van der Waals surface area contributed by atoms with Gasteiger partial charge in [0.25, 0.3) is 0 Å². The minimum Gasteiger partial charge on any atom is -0.456 e. The molecule has 1 aliphatic carbocycles. The average molecular weight is 626 g/mol. The van der Waals surface area contributed by atoms with E-state index in [1.54, 1.807) is 0 Å². The highest BCUT2D eigenvalue weighted by atomic mass is 16.3. The van der Waals surface area contributed by atoms with Crippen molar-refractivity contribution in [1.82, 2.24) is 0 Å². The molecular formula is C44H39N3O. The van der Waals surface area contributed by atoms with Crippen LogP contribution in [0.15, 0.2) is 172 Å². The van der Waals surface area contributed by atoms with Crippen LogP contribution in [0.25, 0.3) is 44.2 Å². The van der Waals surface area contributed by atoms with Crippen LogP contribution in [0.2, 0.25) is 0 Å². The highest BCUT2D eigenvalue weighted by molar-refractivity contribution is 6.21. The third-order valence-corrected chi connectivity index (χ3v) is 9.03. The average Bonchev–Trinajstić information content (AvgIpc) is 3.51. The van der Waals surface area contributed by atoms with Gasteiger partial charge < -0.3 is 10.2 Å². The van der Waals surface area contributed by atoms with Gasteiger partial charge in [0.2, 0.25) is 0 Å². The van der Waals surface area contributed by atoms with Crippen LogP contribution in [0.5, 0.6) is 0 Å². The third kappa shape index (κ3) is 6.43. The minimum atomic E-state index is 0.298. The number of benzene rings is 5. The smallest absolute Gasteiger partial charge is 0.157 e. The fourth-order valence-corrected chi connectivity index (χ4v) is 6.56. The number of hydrogen-bond donors (Lipinski definition) is 1. The van der Waals surface area contributed by atoms with Gasteiger partial charge in [-0.3, -0.25) is 4.99 Å². The number of rotatable bonds is 8. The summed E-state index contributed by atoms with van der Waals surface area (Å²) in [7, 11) is 0. The summed E-state index contributed by atoms with van der Waals surface area (Å²) in [5.41, 5.74) is 17.1. The van der Waals surface area contributed by atoms with Gasteiger partial charge in [-0.05, 0) is 64.4 Å². The van der Waals surface area contributed by atoms with Gasteiger partial charge >= 0.3 is 0 Å². The maximum atomic E-state index is 6.80. The van der Waals surface area contributed by atoms with Crippen LogP contribution < -0.4 is 5.73 Å². The molecule has 1 unspecified atom stereocenters. The largest absolute Gasteiger partial charge is 0.456 e. The third-order valence-electron chi connectivity index (χ3n) is 9.03. The molecule has 1 atom stereocenters. The molecule has 5 aromatic carbocycles. The second-order valence-electron chi connectivity index (χ2n) is 12.6. The Hall–Kier alpha value is -5.74. The Kier molecular flexibility index (Phi) is 8.72. The molecule has 0 aliphatic heterocycles. The van der Waals surface area contributed by atoms with E-state index in [2.05, 4.69) is 111 Å². The van der Waals surface area contributed by atoms with Crippen LogP contribution in [0.4, 0.5) is 0 Å². The first kappa shape index (κ1) is 30.9. The van der Waals surface area contributed by atoms with Crippen LogP contribution in [0, 0.1) is 11.8 Å².